The van der Waals surface area contributed by atoms with Gasteiger partial charge in [-0.3, -0.25) is 4.90 Å². The summed E-state index contributed by atoms with van der Waals surface area (Å²) in [5.74, 6) is 0.719. The van der Waals surface area contributed by atoms with Crippen LogP contribution >= 0.6 is 11.6 Å². The quantitative estimate of drug-likeness (QED) is 0.816. The summed E-state index contributed by atoms with van der Waals surface area (Å²) < 4.78 is 10.9. The highest BCUT2D eigenvalue weighted by atomic mass is 35.5. The summed E-state index contributed by atoms with van der Waals surface area (Å²) in [5, 5.41) is 0.556. The molecule has 4 heteroatoms. The smallest absolute Gasteiger partial charge is 0.138 e. The van der Waals surface area contributed by atoms with Crippen LogP contribution in [0.2, 0.25) is 5.02 Å². The summed E-state index contributed by atoms with van der Waals surface area (Å²) in [5.41, 5.74) is 0.484. The van der Waals surface area contributed by atoms with Gasteiger partial charge in [-0.05, 0) is 6.07 Å². The number of benzene rings is 1. The van der Waals surface area contributed by atoms with Crippen molar-refractivity contribution < 1.29 is 9.47 Å². The highest BCUT2D eigenvalue weighted by molar-refractivity contribution is 6.31. The number of rotatable bonds is 4. The molecule has 1 aromatic rings. The predicted molar refractivity (Wildman–Crippen MR) is 65.5 cm³/mol. The Hall–Kier alpha value is -0.770. The summed E-state index contributed by atoms with van der Waals surface area (Å²) in [6.07, 6.45) is 0. The molecule has 1 spiro atoms. The zero-order valence-electron chi connectivity index (χ0n) is 9.62. The predicted octanol–water partition coefficient (Wildman–Crippen LogP) is 1.85. The molecule has 3 rings (SSSR count). The van der Waals surface area contributed by atoms with Crippen LogP contribution in [0, 0.1) is 11.5 Å². The van der Waals surface area contributed by atoms with Crippen LogP contribution in [0.4, 0.5) is 0 Å². The molecule has 3 nitrogen and oxygen atoms in total. The van der Waals surface area contributed by atoms with Gasteiger partial charge in [-0.2, -0.15) is 0 Å². The highest BCUT2D eigenvalue weighted by Gasteiger charge is 2.48. The van der Waals surface area contributed by atoms with E-state index < -0.39 is 0 Å². The number of ether oxygens (including phenoxy) is 2. The number of hydrogen-bond donors (Lipinski definition) is 0. The van der Waals surface area contributed by atoms with Gasteiger partial charge in [0.15, 0.2) is 0 Å². The van der Waals surface area contributed by atoms with E-state index in [1.165, 1.54) is 0 Å². The van der Waals surface area contributed by atoms with Crippen molar-refractivity contribution >= 4 is 11.6 Å². The zero-order valence-corrected chi connectivity index (χ0v) is 10.4. The van der Waals surface area contributed by atoms with Gasteiger partial charge in [-0.15, -0.1) is 0 Å². The van der Waals surface area contributed by atoms with Crippen molar-refractivity contribution in [1.82, 2.24) is 4.90 Å². The maximum atomic E-state index is 5.95. The lowest BCUT2D eigenvalue weighted by Crippen LogP contribution is -2.66. The standard InChI is InChI=1S/C13H15ClNO2/c14-11-3-1-2-4-12(11)17-6-5-15-7-13(8-15)9-16-10-13/h1-2,4H,5-10H2. The maximum absolute atomic E-state index is 5.95. The Labute approximate surface area is 106 Å². The summed E-state index contributed by atoms with van der Waals surface area (Å²) in [6, 6.07) is 8.44. The normalized spacial score (nSPS) is 21.9. The SMILES string of the molecule is Clc1[c]cccc1OCCN1CC2(COC2)C1. The van der Waals surface area contributed by atoms with Crippen molar-refractivity contribution in [2.45, 2.75) is 0 Å². The molecule has 0 N–H and O–H groups in total. The average molecular weight is 253 g/mol. The van der Waals surface area contributed by atoms with Crippen LogP contribution in [0.1, 0.15) is 0 Å². The third-order valence-electron chi connectivity index (χ3n) is 3.37. The van der Waals surface area contributed by atoms with Crippen LogP contribution in [-0.4, -0.2) is 44.4 Å². The van der Waals surface area contributed by atoms with E-state index in [-0.39, 0.29) is 0 Å². The Kier molecular flexibility index (Phi) is 2.99. The van der Waals surface area contributed by atoms with Crippen molar-refractivity contribution in [1.29, 1.82) is 0 Å². The fourth-order valence-electron chi connectivity index (χ4n) is 2.43. The van der Waals surface area contributed by atoms with Gasteiger partial charge in [-0.25, -0.2) is 0 Å². The van der Waals surface area contributed by atoms with Crippen LogP contribution < -0.4 is 4.74 Å². The second-order valence-corrected chi connectivity index (χ2v) is 5.28. The average Bonchev–Trinajstić information content (AvgIpc) is 2.21. The van der Waals surface area contributed by atoms with Gasteiger partial charge in [0, 0.05) is 31.1 Å². The third kappa shape index (κ3) is 2.28. The first kappa shape index (κ1) is 11.3. The van der Waals surface area contributed by atoms with Gasteiger partial charge in [0.2, 0.25) is 0 Å². The molecule has 91 valence electrons. The maximum Gasteiger partial charge on any atom is 0.138 e. The number of hydrogen-bond acceptors (Lipinski definition) is 3. The van der Waals surface area contributed by atoms with Crippen LogP contribution in [0.5, 0.6) is 5.75 Å². The fourth-order valence-corrected chi connectivity index (χ4v) is 2.61. The van der Waals surface area contributed by atoms with Crippen molar-refractivity contribution in [3.05, 3.63) is 29.3 Å². The molecule has 0 aliphatic carbocycles. The summed E-state index contributed by atoms with van der Waals surface area (Å²) >= 11 is 5.95. The fraction of sp³-hybridized carbons (Fsp3) is 0.538. The molecule has 2 fully saturated rings. The van der Waals surface area contributed by atoms with E-state index in [2.05, 4.69) is 11.0 Å². The van der Waals surface area contributed by atoms with E-state index in [4.69, 9.17) is 21.1 Å². The molecule has 0 aromatic heterocycles. The topological polar surface area (TPSA) is 21.7 Å². The van der Waals surface area contributed by atoms with E-state index in [9.17, 15) is 0 Å². The number of halogens is 1. The van der Waals surface area contributed by atoms with Gasteiger partial charge >= 0.3 is 0 Å². The first-order valence-electron chi connectivity index (χ1n) is 5.87. The van der Waals surface area contributed by atoms with Crippen molar-refractivity contribution in [2.75, 3.05) is 39.5 Å². The summed E-state index contributed by atoms with van der Waals surface area (Å²) in [4.78, 5) is 2.39. The van der Waals surface area contributed by atoms with Crippen LogP contribution in [0.15, 0.2) is 18.2 Å². The molecule has 0 atom stereocenters. The molecule has 0 bridgehead atoms. The Balaban J connectivity index is 1.40. The lowest BCUT2D eigenvalue weighted by molar-refractivity contribution is -0.189. The van der Waals surface area contributed by atoms with E-state index >= 15 is 0 Å². The molecule has 0 saturated carbocycles. The van der Waals surface area contributed by atoms with Crippen molar-refractivity contribution in [2.24, 2.45) is 5.41 Å². The lowest BCUT2D eigenvalue weighted by atomic mass is 9.78. The lowest BCUT2D eigenvalue weighted by Gasteiger charge is -2.55. The first-order valence-corrected chi connectivity index (χ1v) is 6.24. The van der Waals surface area contributed by atoms with Gasteiger partial charge in [0.05, 0.1) is 18.2 Å². The van der Waals surface area contributed by atoms with E-state index in [1.54, 1.807) is 6.07 Å². The molecule has 1 aromatic carbocycles. The monoisotopic (exact) mass is 252 g/mol. The Morgan fingerprint density at radius 1 is 1.47 bits per heavy atom. The van der Waals surface area contributed by atoms with Gasteiger partial charge in [0.1, 0.15) is 12.4 Å². The van der Waals surface area contributed by atoms with Crippen molar-refractivity contribution in [3.63, 3.8) is 0 Å². The molecule has 0 amide bonds. The second kappa shape index (κ2) is 4.48. The first-order chi connectivity index (χ1) is 8.27. The van der Waals surface area contributed by atoms with Crippen LogP contribution in [0.25, 0.3) is 0 Å². The molecule has 1 radical (unpaired) electrons. The summed E-state index contributed by atoms with van der Waals surface area (Å²) in [7, 11) is 0. The molecule has 2 saturated heterocycles. The molecule has 2 heterocycles. The largest absolute Gasteiger partial charge is 0.491 e. The molecule has 2 aliphatic heterocycles. The van der Waals surface area contributed by atoms with Gasteiger partial charge < -0.3 is 9.47 Å². The molecular weight excluding hydrogens is 238 g/mol. The Morgan fingerprint density at radius 3 is 2.94 bits per heavy atom. The zero-order chi connectivity index (χ0) is 11.7. The van der Waals surface area contributed by atoms with Crippen molar-refractivity contribution in [3.8, 4) is 5.75 Å². The number of nitrogens with zero attached hydrogens (tertiary/aromatic N) is 1. The number of likely N-dealkylation sites (tertiary alicyclic amines) is 1. The van der Waals surface area contributed by atoms with Gasteiger partial charge in [-0.1, -0.05) is 23.7 Å². The third-order valence-corrected chi connectivity index (χ3v) is 3.67. The molecular formula is C13H15ClNO2. The Bertz CT molecular complexity index is 398. The van der Waals surface area contributed by atoms with Gasteiger partial charge in [0.25, 0.3) is 0 Å². The minimum Gasteiger partial charge on any atom is -0.491 e. The molecule has 17 heavy (non-hydrogen) atoms. The van der Waals surface area contributed by atoms with Crippen LogP contribution in [-0.2, 0) is 4.74 Å². The second-order valence-electron chi connectivity index (χ2n) is 4.90. The van der Waals surface area contributed by atoms with Crippen LogP contribution in [0.3, 0.4) is 0 Å². The highest BCUT2D eigenvalue weighted by Crippen LogP contribution is 2.37. The Morgan fingerprint density at radius 2 is 2.29 bits per heavy atom. The molecule has 2 aliphatic rings. The van der Waals surface area contributed by atoms with E-state index in [0.717, 1.165) is 38.6 Å². The minimum absolute atomic E-state index is 0.484. The van der Waals surface area contributed by atoms with E-state index in [1.807, 2.05) is 12.1 Å². The minimum atomic E-state index is 0.484. The summed E-state index contributed by atoms with van der Waals surface area (Å²) in [6.45, 7) is 5.78. The molecule has 0 unspecified atom stereocenters. The van der Waals surface area contributed by atoms with E-state index in [0.29, 0.717) is 17.0 Å².